The largest absolute Gasteiger partial charge is 0.507 e. The van der Waals surface area contributed by atoms with Gasteiger partial charge in [0.25, 0.3) is 5.91 Å². The van der Waals surface area contributed by atoms with Gasteiger partial charge in [-0.05, 0) is 48.0 Å². The maximum absolute atomic E-state index is 12.5. The Morgan fingerprint density at radius 2 is 1.71 bits per heavy atom. The molecule has 1 amide bonds. The van der Waals surface area contributed by atoms with Crippen molar-refractivity contribution in [3.8, 4) is 11.5 Å². The summed E-state index contributed by atoms with van der Waals surface area (Å²) in [5, 5.41) is 14.8. The Labute approximate surface area is 186 Å². The molecule has 154 valence electrons. The van der Waals surface area contributed by atoms with E-state index in [2.05, 4.69) is 10.5 Å². The van der Waals surface area contributed by atoms with Crippen LogP contribution < -0.4 is 10.2 Å². The topological polar surface area (TPSA) is 88.0 Å². The summed E-state index contributed by atoms with van der Waals surface area (Å²) in [6.07, 6.45) is 1.44. The van der Waals surface area contributed by atoms with Crippen LogP contribution >= 0.6 is 22.9 Å². The fraction of sp³-hybridized carbons (Fsp3) is 0. The number of aromatic hydroxyl groups is 1. The van der Waals surface area contributed by atoms with Crippen LogP contribution in [0.15, 0.2) is 77.9 Å². The maximum Gasteiger partial charge on any atom is 0.355 e. The number of carbonyl (C=O) groups is 2. The number of halogens is 1. The summed E-state index contributed by atoms with van der Waals surface area (Å²) in [5.74, 6) is -0.823. The zero-order valence-electron chi connectivity index (χ0n) is 15.9. The Bertz CT molecular complexity index is 1300. The Kier molecular flexibility index (Phi) is 5.97. The number of hydrazone groups is 1. The third-order valence-electron chi connectivity index (χ3n) is 4.34. The Balaban J connectivity index is 1.39. The number of carbonyl (C=O) groups excluding carboxylic acids is 2. The van der Waals surface area contributed by atoms with E-state index in [-0.39, 0.29) is 11.3 Å². The second-order valence-electron chi connectivity index (χ2n) is 6.42. The first-order valence-corrected chi connectivity index (χ1v) is 10.3. The third-order valence-corrected chi connectivity index (χ3v) is 5.99. The van der Waals surface area contributed by atoms with Crippen LogP contribution in [-0.2, 0) is 0 Å². The van der Waals surface area contributed by atoms with Crippen molar-refractivity contribution in [2.75, 3.05) is 0 Å². The van der Waals surface area contributed by atoms with Crippen LogP contribution in [0.2, 0.25) is 5.02 Å². The summed E-state index contributed by atoms with van der Waals surface area (Å²) in [4.78, 5) is 24.9. The van der Waals surface area contributed by atoms with Crippen molar-refractivity contribution < 1.29 is 19.4 Å². The Hall–Kier alpha value is -3.68. The van der Waals surface area contributed by atoms with Crippen LogP contribution in [0.1, 0.15) is 25.6 Å². The number of thiophene rings is 1. The molecule has 3 aromatic carbocycles. The number of nitrogens with zero attached hydrogens (tertiary/aromatic N) is 1. The van der Waals surface area contributed by atoms with Gasteiger partial charge in [0.05, 0.1) is 16.8 Å². The van der Waals surface area contributed by atoms with Crippen LogP contribution in [0.5, 0.6) is 11.5 Å². The number of fused-ring (bicyclic) bond motifs is 1. The normalized spacial score (nSPS) is 11.0. The molecule has 4 rings (SSSR count). The van der Waals surface area contributed by atoms with Crippen molar-refractivity contribution in [2.45, 2.75) is 0 Å². The van der Waals surface area contributed by atoms with Crippen LogP contribution in [-0.4, -0.2) is 23.2 Å². The zero-order chi connectivity index (χ0) is 21.8. The first-order chi connectivity index (χ1) is 15.0. The lowest BCUT2D eigenvalue weighted by molar-refractivity contribution is 0.0739. The van der Waals surface area contributed by atoms with Crippen molar-refractivity contribution in [1.29, 1.82) is 0 Å². The number of rotatable bonds is 5. The van der Waals surface area contributed by atoms with Crippen molar-refractivity contribution >= 4 is 51.1 Å². The molecule has 0 fully saturated rings. The SMILES string of the molecule is O=C(NN=Cc1ccc(OC(=O)c2sc3ccccc3c2Cl)cc1)c1ccccc1O. The molecule has 6 nitrogen and oxygen atoms in total. The monoisotopic (exact) mass is 450 g/mol. The van der Waals surface area contributed by atoms with E-state index < -0.39 is 11.9 Å². The molecular weight excluding hydrogens is 436 g/mol. The molecule has 1 heterocycles. The number of para-hydroxylation sites is 1. The standard InChI is InChI=1S/C23H15ClN2O4S/c24-20-17-6-2-4-8-19(17)31-21(20)23(29)30-15-11-9-14(10-12-15)13-25-26-22(28)16-5-1-3-7-18(16)27/h1-13,27H,(H,26,28). The molecule has 0 spiro atoms. The second-order valence-corrected chi connectivity index (χ2v) is 7.85. The van der Waals surface area contributed by atoms with E-state index in [9.17, 15) is 14.7 Å². The first kappa shape index (κ1) is 20.6. The highest BCUT2D eigenvalue weighted by Gasteiger charge is 2.18. The van der Waals surface area contributed by atoms with Gasteiger partial charge in [0.2, 0.25) is 0 Å². The van der Waals surface area contributed by atoms with Gasteiger partial charge in [0.15, 0.2) is 0 Å². The fourth-order valence-electron chi connectivity index (χ4n) is 2.81. The van der Waals surface area contributed by atoms with Gasteiger partial charge in [0.1, 0.15) is 16.4 Å². The number of amides is 1. The molecule has 8 heteroatoms. The number of phenolic OH excluding ortho intramolecular Hbond substituents is 1. The number of hydrogen-bond acceptors (Lipinski definition) is 6. The number of hydrogen-bond donors (Lipinski definition) is 2. The first-order valence-electron chi connectivity index (χ1n) is 9.13. The number of ether oxygens (including phenoxy) is 1. The Morgan fingerprint density at radius 1 is 1.00 bits per heavy atom. The summed E-state index contributed by atoms with van der Waals surface area (Å²) in [6.45, 7) is 0. The zero-order valence-corrected chi connectivity index (χ0v) is 17.5. The smallest absolute Gasteiger partial charge is 0.355 e. The molecule has 0 saturated heterocycles. The van der Waals surface area contributed by atoms with Gasteiger partial charge in [-0.3, -0.25) is 4.79 Å². The van der Waals surface area contributed by atoms with Crippen LogP contribution in [0.4, 0.5) is 0 Å². The van der Waals surface area contributed by atoms with E-state index in [4.69, 9.17) is 16.3 Å². The number of benzene rings is 3. The van der Waals surface area contributed by atoms with E-state index >= 15 is 0 Å². The van der Waals surface area contributed by atoms with Crippen molar-refractivity contribution in [2.24, 2.45) is 5.10 Å². The van der Waals surface area contributed by atoms with Crippen molar-refractivity contribution in [1.82, 2.24) is 5.43 Å². The fourth-order valence-corrected chi connectivity index (χ4v) is 4.20. The molecule has 1 aromatic heterocycles. The van der Waals surface area contributed by atoms with E-state index in [1.54, 1.807) is 36.4 Å². The van der Waals surface area contributed by atoms with E-state index in [1.807, 2.05) is 24.3 Å². The van der Waals surface area contributed by atoms with Gasteiger partial charge in [0, 0.05) is 10.1 Å². The molecule has 0 atom stereocenters. The van der Waals surface area contributed by atoms with Crippen LogP contribution in [0.3, 0.4) is 0 Å². The number of nitrogens with one attached hydrogen (secondary N) is 1. The highest BCUT2D eigenvalue weighted by molar-refractivity contribution is 7.21. The highest BCUT2D eigenvalue weighted by atomic mass is 35.5. The van der Waals surface area contributed by atoms with E-state index in [0.29, 0.717) is 21.2 Å². The highest BCUT2D eigenvalue weighted by Crippen LogP contribution is 2.35. The van der Waals surface area contributed by atoms with Crippen LogP contribution in [0, 0.1) is 0 Å². The number of esters is 1. The molecule has 2 N–H and O–H groups in total. The van der Waals surface area contributed by atoms with E-state index in [0.717, 1.165) is 10.1 Å². The third kappa shape index (κ3) is 4.58. The van der Waals surface area contributed by atoms with E-state index in [1.165, 1.54) is 29.7 Å². The molecule has 4 aromatic rings. The molecule has 0 unspecified atom stereocenters. The summed E-state index contributed by atoms with van der Waals surface area (Å²) in [5.41, 5.74) is 3.15. The van der Waals surface area contributed by atoms with Gasteiger partial charge < -0.3 is 9.84 Å². The quantitative estimate of drug-likeness (QED) is 0.188. The molecule has 0 aliphatic heterocycles. The predicted molar refractivity (Wildman–Crippen MR) is 121 cm³/mol. The van der Waals surface area contributed by atoms with Crippen molar-refractivity contribution in [3.63, 3.8) is 0 Å². The van der Waals surface area contributed by atoms with Gasteiger partial charge in [-0.15, -0.1) is 11.3 Å². The molecule has 0 aliphatic carbocycles. The van der Waals surface area contributed by atoms with Gasteiger partial charge in [-0.25, -0.2) is 10.2 Å². The lowest BCUT2D eigenvalue weighted by Crippen LogP contribution is -2.17. The number of phenols is 1. The predicted octanol–water partition coefficient (Wildman–Crippen LogP) is 5.24. The summed E-state index contributed by atoms with van der Waals surface area (Å²) >= 11 is 7.60. The average molecular weight is 451 g/mol. The molecular formula is C23H15ClN2O4S. The lowest BCUT2D eigenvalue weighted by atomic mass is 10.2. The molecule has 0 radical (unpaired) electrons. The summed E-state index contributed by atoms with van der Waals surface area (Å²) in [6, 6.07) is 20.3. The minimum Gasteiger partial charge on any atom is -0.507 e. The van der Waals surface area contributed by atoms with Gasteiger partial charge in [-0.2, -0.15) is 5.10 Å². The summed E-state index contributed by atoms with van der Waals surface area (Å²) < 4.78 is 6.34. The molecule has 0 aliphatic rings. The van der Waals surface area contributed by atoms with Crippen molar-refractivity contribution in [3.05, 3.63) is 93.8 Å². The van der Waals surface area contributed by atoms with Crippen LogP contribution in [0.25, 0.3) is 10.1 Å². The molecule has 0 bridgehead atoms. The Morgan fingerprint density at radius 3 is 2.45 bits per heavy atom. The van der Waals surface area contributed by atoms with Gasteiger partial charge in [-0.1, -0.05) is 41.9 Å². The summed E-state index contributed by atoms with van der Waals surface area (Å²) in [7, 11) is 0. The molecule has 0 saturated carbocycles. The lowest BCUT2D eigenvalue weighted by Gasteiger charge is -2.04. The average Bonchev–Trinajstić information content (AvgIpc) is 3.12. The minimum atomic E-state index is -0.528. The minimum absolute atomic E-state index is 0.125. The van der Waals surface area contributed by atoms with Gasteiger partial charge >= 0.3 is 5.97 Å². The molecule has 31 heavy (non-hydrogen) atoms. The second kappa shape index (κ2) is 8.99. The maximum atomic E-state index is 12.5.